The van der Waals surface area contributed by atoms with Crippen molar-refractivity contribution in [2.24, 2.45) is 0 Å². The summed E-state index contributed by atoms with van der Waals surface area (Å²) in [6.45, 7) is 7.77. The lowest BCUT2D eigenvalue weighted by Crippen LogP contribution is -2.22. The summed E-state index contributed by atoms with van der Waals surface area (Å²) < 4.78 is 5.26. The minimum Gasteiger partial charge on any atom is -0.457 e. The van der Waals surface area contributed by atoms with Crippen molar-refractivity contribution in [3.8, 4) is 11.1 Å². The highest BCUT2D eigenvalue weighted by Gasteiger charge is 2.13. The van der Waals surface area contributed by atoms with E-state index in [0.29, 0.717) is 0 Å². The number of hydrogen-bond acceptors (Lipinski definition) is 2. The molecule has 2 aromatic carbocycles. The van der Waals surface area contributed by atoms with E-state index in [9.17, 15) is 4.79 Å². The molecule has 0 bridgehead atoms. The zero-order valence-electron chi connectivity index (χ0n) is 15.0. The normalized spacial score (nSPS) is 11.7. The zero-order valence-corrected chi connectivity index (χ0v) is 15.0. The van der Waals surface area contributed by atoms with Gasteiger partial charge in [-0.1, -0.05) is 61.9 Å². The molecule has 0 aliphatic heterocycles. The van der Waals surface area contributed by atoms with E-state index < -0.39 is 5.60 Å². The van der Waals surface area contributed by atoms with Crippen LogP contribution in [0.2, 0.25) is 0 Å². The van der Waals surface area contributed by atoms with E-state index >= 15 is 0 Å². The van der Waals surface area contributed by atoms with Crippen LogP contribution in [0.4, 0.5) is 0 Å². The summed E-state index contributed by atoms with van der Waals surface area (Å²) in [4.78, 5) is 11.7. The molecular formula is C22H26O2. The highest BCUT2D eigenvalue weighted by molar-refractivity contribution is 5.87. The molecule has 0 heterocycles. The Bertz CT molecular complexity index is 686. The molecule has 0 aromatic heterocycles. The standard InChI is InChI=1S/C22H26O2/c1-5-6-17-7-12-19(13-8-17)20-14-9-18(10-15-20)11-16-21(23)24-22(2,3)4/h7-16H,5-6H2,1-4H3. The summed E-state index contributed by atoms with van der Waals surface area (Å²) in [5.74, 6) is -0.321. The van der Waals surface area contributed by atoms with Crippen LogP contribution in [0.1, 0.15) is 45.2 Å². The first-order valence-corrected chi connectivity index (χ1v) is 8.48. The van der Waals surface area contributed by atoms with Gasteiger partial charge in [-0.2, -0.15) is 0 Å². The van der Waals surface area contributed by atoms with Gasteiger partial charge in [0.15, 0.2) is 0 Å². The van der Waals surface area contributed by atoms with Gasteiger partial charge in [-0.25, -0.2) is 4.79 Å². The first-order chi connectivity index (χ1) is 11.4. The van der Waals surface area contributed by atoms with Crippen molar-refractivity contribution < 1.29 is 9.53 Å². The van der Waals surface area contributed by atoms with Gasteiger partial charge in [0.25, 0.3) is 0 Å². The molecule has 2 nitrogen and oxygen atoms in total. The van der Waals surface area contributed by atoms with Crippen LogP contribution >= 0.6 is 0 Å². The fraction of sp³-hybridized carbons (Fsp3) is 0.318. The largest absolute Gasteiger partial charge is 0.457 e. The molecule has 2 rings (SSSR count). The van der Waals surface area contributed by atoms with Gasteiger partial charge in [0, 0.05) is 6.08 Å². The summed E-state index contributed by atoms with van der Waals surface area (Å²) in [6, 6.07) is 16.9. The number of rotatable bonds is 5. The Morgan fingerprint density at radius 2 is 1.50 bits per heavy atom. The molecular weight excluding hydrogens is 296 g/mol. The Balaban J connectivity index is 2.03. The van der Waals surface area contributed by atoms with Crippen LogP contribution < -0.4 is 0 Å². The van der Waals surface area contributed by atoms with Crippen LogP contribution in [-0.2, 0) is 16.0 Å². The van der Waals surface area contributed by atoms with Crippen LogP contribution in [0.15, 0.2) is 54.6 Å². The second kappa shape index (κ2) is 7.96. The first-order valence-electron chi connectivity index (χ1n) is 8.48. The van der Waals surface area contributed by atoms with E-state index in [4.69, 9.17) is 4.74 Å². The summed E-state index contributed by atoms with van der Waals surface area (Å²) in [7, 11) is 0. The van der Waals surface area contributed by atoms with Crippen molar-refractivity contribution in [2.45, 2.75) is 46.1 Å². The van der Waals surface area contributed by atoms with Crippen LogP contribution in [0.25, 0.3) is 17.2 Å². The Hall–Kier alpha value is -2.35. The third-order valence-corrected chi connectivity index (χ3v) is 3.56. The molecule has 0 aliphatic carbocycles. The Morgan fingerprint density at radius 1 is 0.958 bits per heavy atom. The summed E-state index contributed by atoms with van der Waals surface area (Å²) in [5.41, 5.74) is 4.27. The van der Waals surface area contributed by atoms with Gasteiger partial charge in [0.2, 0.25) is 0 Å². The van der Waals surface area contributed by atoms with Crippen molar-refractivity contribution in [1.82, 2.24) is 0 Å². The number of hydrogen-bond donors (Lipinski definition) is 0. The van der Waals surface area contributed by atoms with Gasteiger partial charge in [0.1, 0.15) is 5.60 Å². The second-order valence-electron chi connectivity index (χ2n) is 6.94. The van der Waals surface area contributed by atoms with Gasteiger partial charge < -0.3 is 4.74 Å². The maximum atomic E-state index is 11.7. The Kier molecular flexibility index (Phi) is 5.97. The molecule has 0 saturated carbocycles. The summed E-state index contributed by atoms with van der Waals surface area (Å²) in [5, 5.41) is 0. The van der Waals surface area contributed by atoms with Crippen molar-refractivity contribution >= 4 is 12.0 Å². The number of esters is 1. The minimum atomic E-state index is -0.463. The smallest absolute Gasteiger partial charge is 0.331 e. The topological polar surface area (TPSA) is 26.3 Å². The lowest BCUT2D eigenvalue weighted by Gasteiger charge is -2.17. The predicted molar refractivity (Wildman–Crippen MR) is 101 cm³/mol. The molecule has 126 valence electrons. The molecule has 0 amide bonds. The van der Waals surface area contributed by atoms with Gasteiger partial charge in [-0.3, -0.25) is 0 Å². The van der Waals surface area contributed by atoms with Gasteiger partial charge in [0.05, 0.1) is 0 Å². The number of aryl methyl sites for hydroxylation is 1. The maximum Gasteiger partial charge on any atom is 0.331 e. The molecule has 2 aromatic rings. The van der Waals surface area contributed by atoms with Crippen LogP contribution in [0.5, 0.6) is 0 Å². The molecule has 0 spiro atoms. The molecule has 0 atom stereocenters. The van der Waals surface area contributed by atoms with E-state index in [2.05, 4.69) is 43.3 Å². The van der Waals surface area contributed by atoms with E-state index in [0.717, 1.165) is 18.4 Å². The fourth-order valence-electron chi connectivity index (χ4n) is 2.44. The molecule has 2 heteroatoms. The highest BCUT2D eigenvalue weighted by Crippen LogP contribution is 2.21. The zero-order chi connectivity index (χ0) is 17.6. The van der Waals surface area contributed by atoms with Crippen molar-refractivity contribution in [3.05, 3.63) is 65.7 Å². The predicted octanol–water partition coefficient (Wildman–Crippen LogP) is 5.66. The number of carbonyl (C=O) groups excluding carboxylic acids is 1. The molecule has 0 radical (unpaired) electrons. The average molecular weight is 322 g/mol. The molecule has 0 unspecified atom stereocenters. The Morgan fingerprint density at radius 3 is 2.00 bits per heavy atom. The van der Waals surface area contributed by atoms with Gasteiger partial charge >= 0.3 is 5.97 Å². The first kappa shape index (κ1) is 18.0. The third kappa shape index (κ3) is 5.69. The quantitative estimate of drug-likeness (QED) is 0.524. The van der Waals surface area contributed by atoms with Crippen LogP contribution in [-0.4, -0.2) is 11.6 Å². The lowest BCUT2D eigenvalue weighted by atomic mass is 10.0. The fourth-order valence-corrected chi connectivity index (χ4v) is 2.44. The third-order valence-electron chi connectivity index (χ3n) is 3.56. The summed E-state index contributed by atoms with van der Waals surface area (Å²) >= 11 is 0. The molecule has 0 N–H and O–H groups in total. The summed E-state index contributed by atoms with van der Waals surface area (Å²) in [6.07, 6.45) is 5.54. The molecule has 0 saturated heterocycles. The minimum absolute atomic E-state index is 0.321. The van der Waals surface area contributed by atoms with Crippen molar-refractivity contribution in [2.75, 3.05) is 0 Å². The average Bonchev–Trinajstić information content (AvgIpc) is 2.53. The SMILES string of the molecule is CCCc1ccc(-c2ccc(C=CC(=O)OC(C)(C)C)cc2)cc1. The van der Waals surface area contributed by atoms with E-state index in [1.54, 1.807) is 6.08 Å². The molecule has 0 fully saturated rings. The van der Waals surface area contributed by atoms with Gasteiger partial charge in [-0.05, 0) is 55.5 Å². The molecule has 0 aliphatic rings. The monoisotopic (exact) mass is 322 g/mol. The second-order valence-corrected chi connectivity index (χ2v) is 6.94. The van der Waals surface area contributed by atoms with Crippen molar-refractivity contribution in [1.29, 1.82) is 0 Å². The van der Waals surface area contributed by atoms with Crippen LogP contribution in [0, 0.1) is 0 Å². The number of benzene rings is 2. The maximum absolute atomic E-state index is 11.7. The van der Waals surface area contributed by atoms with Gasteiger partial charge in [-0.15, -0.1) is 0 Å². The van der Waals surface area contributed by atoms with E-state index in [1.165, 1.54) is 22.8 Å². The van der Waals surface area contributed by atoms with E-state index in [-0.39, 0.29) is 5.97 Å². The van der Waals surface area contributed by atoms with E-state index in [1.807, 2.05) is 32.9 Å². The molecule has 24 heavy (non-hydrogen) atoms. The number of carbonyl (C=O) groups is 1. The lowest BCUT2D eigenvalue weighted by molar-refractivity contribution is -0.148. The van der Waals surface area contributed by atoms with Crippen LogP contribution in [0.3, 0.4) is 0 Å². The Labute approximate surface area is 145 Å². The van der Waals surface area contributed by atoms with Crippen molar-refractivity contribution in [3.63, 3.8) is 0 Å². The highest BCUT2D eigenvalue weighted by atomic mass is 16.6. The number of ether oxygens (including phenoxy) is 1.